The van der Waals surface area contributed by atoms with E-state index < -0.39 is 97.5 Å². The van der Waals surface area contributed by atoms with Gasteiger partial charge in [-0.15, -0.1) is 0 Å². The molecule has 586 valence electrons. The maximum Gasteiger partial charge on any atom is 0.472 e. The lowest BCUT2D eigenvalue weighted by Gasteiger charge is -2.21. The lowest BCUT2D eigenvalue weighted by Crippen LogP contribution is -2.30. The molecule has 5 atom stereocenters. The first-order valence-electron chi connectivity index (χ1n) is 38.7. The summed E-state index contributed by atoms with van der Waals surface area (Å²) in [6, 6.07) is 0. The Balaban J connectivity index is 5.54. The summed E-state index contributed by atoms with van der Waals surface area (Å²) in [5, 5.41) is 10.6. The van der Waals surface area contributed by atoms with E-state index in [0.29, 0.717) is 32.1 Å². The first kappa shape index (κ1) is 97.9. The summed E-state index contributed by atoms with van der Waals surface area (Å²) in [4.78, 5) is 72.9. The predicted octanol–water partition coefficient (Wildman–Crippen LogP) is 22.5. The Hall–Kier alpha value is -6.10. The Bertz CT molecular complexity index is 2740. The highest BCUT2D eigenvalue weighted by Gasteiger charge is 2.30. The minimum atomic E-state index is -5.01. The lowest BCUT2D eigenvalue weighted by atomic mass is 10.1. The molecule has 0 bridgehead atoms. The van der Waals surface area contributed by atoms with Crippen molar-refractivity contribution in [2.75, 3.05) is 39.6 Å². The quantitative estimate of drug-likeness (QED) is 0.0169. The van der Waals surface area contributed by atoms with Crippen LogP contribution in [0.5, 0.6) is 0 Å². The van der Waals surface area contributed by atoms with E-state index >= 15 is 0 Å². The Morgan fingerprint density at radius 2 is 0.548 bits per heavy atom. The molecule has 0 fully saturated rings. The van der Waals surface area contributed by atoms with Gasteiger partial charge in [0.05, 0.1) is 32.8 Å². The Morgan fingerprint density at radius 1 is 0.288 bits per heavy atom. The summed E-state index contributed by atoms with van der Waals surface area (Å²) < 4.78 is 68.3. The van der Waals surface area contributed by atoms with E-state index in [1.165, 1.54) is 19.3 Å². The van der Waals surface area contributed by atoms with Crippen molar-refractivity contribution in [3.63, 3.8) is 0 Å². The number of ether oxygens (including phenoxy) is 4. The molecule has 104 heavy (non-hydrogen) atoms. The number of allylic oxidation sites excluding steroid dienone is 31. The molecule has 19 heteroatoms. The average Bonchev–Trinajstić information content (AvgIpc) is 0.926. The molecule has 0 heterocycles. The fourth-order valence-corrected chi connectivity index (χ4v) is 10.9. The first-order valence-corrected chi connectivity index (χ1v) is 41.7. The third-order valence-corrected chi connectivity index (χ3v) is 17.0. The zero-order chi connectivity index (χ0) is 76.0. The average molecular weight is 1490 g/mol. The second-order valence-electron chi connectivity index (χ2n) is 24.8. The maximum absolute atomic E-state index is 13.1. The first-order chi connectivity index (χ1) is 50.7. The molecule has 0 spiro atoms. The lowest BCUT2D eigenvalue weighted by molar-refractivity contribution is -0.161. The van der Waals surface area contributed by atoms with Gasteiger partial charge in [-0.1, -0.05) is 267 Å². The molecular formula is C85H134O17P2. The molecule has 0 aromatic rings. The largest absolute Gasteiger partial charge is 0.472 e. The van der Waals surface area contributed by atoms with Crippen LogP contribution in [0, 0.1) is 0 Å². The Morgan fingerprint density at radius 3 is 0.885 bits per heavy atom. The molecule has 0 rings (SSSR count). The summed E-state index contributed by atoms with van der Waals surface area (Å²) in [5.74, 6) is -2.46. The summed E-state index contributed by atoms with van der Waals surface area (Å²) in [6.07, 6.45) is 91.7. The standard InChI is InChI=1S/C85H134O17P2/c1-5-9-13-17-21-25-29-33-37-39-43-46-50-54-58-62-66-70-83(88)96-76-81(102-85(90)72-68-64-60-56-52-48-44-40-38-34-30-26-22-18-14-10-6-2)78-100-104(93,94)98-74-79(86)73-97-103(91,92)99-77-80(101-84(89)71-67-63-59-55-51-47-42-36-32-28-24-20-16-12-8-4)75-95-82(87)69-65-61-57-53-49-45-41-35-31-27-23-19-15-11-7-3/h9-11,13-15,21-28,33-38,41-44,46,48-49,53-54,58,61,65,79-81,86H,5-8,12,16-20,29-32,39-40,45,47,50-52,55-57,59-60,62-64,66-78H2,1-4H3,(H,91,92)(H,93,94)/b13-9-,14-10-,15-11-,25-21-,26-22-,27-23-,28-24-,37-33-,38-34-,41-35-,42-36-,46-43-,48-44-,53-49-,58-54-,65-61-. The Kier molecular flexibility index (Phi) is 70.7. The van der Waals surface area contributed by atoms with Gasteiger partial charge in [0.1, 0.15) is 19.3 Å². The molecule has 0 saturated heterocycles. The van der Waals surface area contributed by atoms with Crippen LogP contribution in [0.1, 0.15) is 259 Å². The highest BCUT2D eigenvalue weighted by atomic mass is 31.2. The van der Waals surface area contributed by atoms with Gasteiger partial charge in [0.2, 0.25) is 0 Å². The molecule has 5 unspecified atom stereocenters. The fourth-order valence-electron chi connectivity index (χ4n) is 9.29. The predicted molar refractivity (Wildman–Crippen MR) is 426 cm³/mol. The van der Waals surface area contributed by atoms with Crippen molar-refractivity contribution in [2.45, 2.75) is 277 Å². The molecule has 0 radical (unpaired) electrons. The third kappa shape index (κ3) is 74.2. The number of phosphoric ester groups is 2. The number of esters is 4. The van der Waals surface area contributed by atoms with Crippen LogP contribution >= 0.6 is 15.6 Å². The van der Waals surface area contributed by atoms with Gasteiger partial charge >= 0.3 is 39.5 Å². The number of aliphatic hydroxyl groups excluding tert-OH is 1. The summed E-state index contributed by atoms with van der Waals surface area (Å²) in [5.41, 5.74) is 0. The van der Waals surface area contributed by atoms with Gasteiger partial charge in [-0.2, -0.15) is 0 Å². The highest BCUT2D eigenvalue weighted by molar-refractivity contribution is 7.47. The van der Waals surface area contributed by atoms with Crippen molar-refractivity contribution in [3.8, 4) is 0 Å². The van der Waals surface area contributed by atoms with Gasteiger partial charge in [-0.25, -0.2) is 9.13 Å². The third-order valence-electron chi connectivity index (χ3n) is 15.1. The van der Waals surface area contributed by atoms with Gasteiger partial charge in [-0.3, -0.25) is 37.3 Å². The monoisotopic (exact) mass is 1490 g/mol. The number of phosphoric acid groups is 2. The summed E-state index contributed by atoms with van der Waals surface area (Å²) in [7, 11) is -10.0. The second-order valence-corrected chi connectivity index (χ2v) is 27.7. The molecule has 0 aliphatic rings. The van der Waals surface area contributed by atoms with E-state index in [1.54, 1.807) is 6.08 Å². The van der Waals surface area contributed by atoms with E-state index in [0.717, 1.165) is 154 Å². The highest BCUT2D eigenvalue weighted by Crippen LogP contribution is 2.45. The van der Waals surface area contributed by atoms with Gasteiger partial charge in [0.15, 0.2) is 12.2 Å². The minimum Gasteiger partial charge on any atom is -0.462 e. The van der Waals surface area contributed by atoms with E-state index in [4.69, 9.17) is 37.0 Å². The number of aliphatic hydroxyl groups is 1. The number of rotatable bonds is 70. The van der Waals surface area contributed by atoms with Gasteiger partial charge in [-0.05, 0) is 161 Å². The topological polar surface area (TPSA) is 237 Å². The molecule has 0 saturated carbocycles. The van der Waals surface area contributed by atoms with Crippen molar-refractivity contribution in [1.29, 1.82) is 0 Å². The van der Waals surface area contributed by atoms with Gasteiger partial charge in [0.25, 0.3) is 0 Å². The van der Waals surface area contributed by atoms with Gasteiger partial charge < -0.3 is 33.8 Å². The minimum absolute atomic E-state index is 0.0439. The van der Waals surface area contributed by atoms with Gasteiger partial charge in [0, 0.05) is 19.3 Å². The number of hydrogen-bond acceptors (Lipinski definition) is 15. The van der Waals surface area contributed by atoms with E-state index in [1.807, 2.05) is 30.4 Å². The van der Waals surface area contributed by atoms with Crippen LogP contribution in [0.25, 0.3) is 0 Å². The summed E-state index contributed by atoms with van der Waals surface area (Å²) >= 11 is 0. The van der Waals surface area contributed by atoms with Crippen LogP contribution in [0.2, 0.25) is 0 Å². The van der Waals surface area contributed by atoms with Crippen LogP contribution in [0.4, 0.5) is 0 Å². The smallest absolute Gasteiger partial charge is 0.462 e. The molecule has 0 aromatic carbocycles. The molecule has 0 aliphatic heterocycles. The SMILES string of the molecule is CC/C=C\C/C=C\C/C=C\C/C=C\C/C=C\CCCC(=O)OCC(COP(=O)(O)OCC(O)COP(=O)(O)OCC(COC(=O)C/C=C\C/C=C\C/C=C\C/C=C\C/C=C\CC)OC(=O)CCCCCCC/C=C\C/C=C\CCCCC)OC(=O)CCCCCC/C=C\C/C=C\C/C=C\C/C=C\CC. The van der Waals surface area contributed by atoms with Crippen LogP contribution < -0.4 is 0 Å². The van der Waals surface area contributed by atoms with Crippen LogP contribution in [0.15, 0.2) is 194 Å². The van der Waals surface area contributed by atoms with E-state index in [9.17, 15) is 43.2 Å². The summed E-state index contributed by atoms with van der Waals surface area (Å²) in [6.45, 7) is 4.24. The molecule has 3 N–H and O–H groups in total. The fraction of sp³-hybridized carbons (Fsp3) is 0.576. The van der Waals surface area contributed by atoms with Crippen LogP contribution in [0.3, 0.4) is 0 Å². The van der Waals surface area contributed by atoms with E-state index in [-0.39, 0.29) is 25.7 Å². The Labute approximate surface area is 627 Å². The second kappa shape index (κ2) is 75.1. The molecule has 17 nitrogen and oxygen atoms in total. The van der Waals surface area contributed by atoms with E-state index in [2.05, 4.69) is 186 Å². The zero-order valence-corrected chi connectivity index (χ0v) is 65.6. The number of unbranched alkanes of at least 4 members (excludes halogenated alkanes) is 13. The van der Waals surface area contributed by atoms with Crippen LogP contribution in [-0.2, 0) is 65.4 Å². The van der Waals surface area contributed by atoms with Crippen molar-refractivity contribution >= 4 is 39.5 Å². The van der Waals surface area contributed by atoms with Crippen molar-refractivity contribution in [1.82, 2.24) is 0 Å². The maximum atomic E-state index is 13.1. The van der Waals surface area contributed by atoms with Crippen molar-refractivity contribution < 1.29 is 80.2 Å². The number of carbonyl (C=O) groups is 4. The molecule has 0 amide bonds. The normalized spacial score (nSPS) is 15.0. The van der Waals surface area contributed by atoms with Crippen molar-refractivity contribution in [2.24, 2.45) is 0 Å². The zero-order valence-electron chi connectivity index (χ0n) is 63.9. The van der Waals surface area contributed by atoms with Crippen molar-refractivity contribution in [3.05, 3.63) is 194 Å². The number of carbonyl (C=O) groups excluding carboxylic acids is 4. The van der Waals surface area contributed by atoms with Crippen LogP contribution in [-0.4, -0.2) is 96.7 Å². The number of hydrogen-bond donors (Lipinski definition) is 3. The molecule has 0 aromatic heterocycles. The molecule has 0 aliphatic carbocycles. The molecular weight excluding hydrogens is 1350 g/mol.